The van der Waals surface area contributed by atoms with Gasteiger partial charge in [0.05, 0.1) is 29.8 Å². The van der Waals surface area contributed by atoms with Crippen LogP contribution in [0.3, 0.4) is 0 Å². The summed E-state index contributed by atoms with van der Waals surface area (Å²) >= 11 is 0. The van der Waals surface area contributed by atoms with Gasteiger partial charge in [0.1, 0.15) is 17.8 Å². The van der Waals surface area contributed by atoms with E-state index in [2.05, 4.69) is 5.32 Å². The number of ether oxygens (including phenoxy) is 2. The number of rotatable bonds is 13. The molecule has 3 rings (SSSR count). The number of unbranched alkanes of at least 4 members (excludes halogenated alkanes) is 2. The normalized spacial score (nSPS) is 17.1. The predicted molar refractivity (Wildman–Crippen MR) is 158 cm³/mol. The van der Waals surface area contributed by atoms with Crippen molar-refractivity contribution >= 4 is 18.1 Å². The van der Waals surface area contributed by atoms with Crippen LogP contribution in [0.5, 0.6) is 11.5 Å². The third kappa shape index (κ3) is 9.21. The highest BCUT2D eigenvalue weighted by molar-refractivity contribution is 5.84. The maximum Gasteiger partial charge on any atom is 0.417 e. The minimum atomic E-state index is -4.73. The Bertz CT molecular complexity index is 1360. The molecule has 1 saturated heterocycles. The fourth-order valence-corrected chi connectivity index (χ4v) is 4.93. The molecule has 2 atom stereocenters. The number of nitrogens with one attached hydrogen (secondary N) is 1. The lowest BCUT2D eigenvalue weighted by molar-refractivity contribution is -0.138. The summed E-state index contributed by atoms with van der Waals surface area (Å²) in [5.74, 6) is 0.0701. The first-order valence-corrected chi connectivity index (χ1v) is 14.6. The van der Waals surface area contributed by atoms with Gasteiger partial charge in [-0.25, -0.2) is 0 Å². The number of hydrogen-bond donors (Lipinski definition) is 1. The molecule has 1 aliphatic heterocycles. The van der Waals surface area contributed by atoms with Crippen LogP contribution in [0.25, 0.3) is 0 Å². The molecule has 1 N–H and O–H groups in total. The van der Waals surface area contributed by atoms with Crippen LogP contribution in [0.2, 0.25) is 0 Å². The molecular formula is C33H40F3N3O5. The van der Waals surface area contributed by atoms with Crippen molar-refractivity contribution in [3.05, 3.63) is 59.2 Å². The Morgan fingerprint density at radius 1 is 1.11 bits per heavy atom. The van der Waals surface area contributed by atoms with Crippen molar-refractivity contribution in [2.24, 2.45) is 10.8 Å². The Labute approximate surface area is 256 Å². The third-order valence-corrected chi connectivity index (χ3v) is 7.51. The van der Waals surface area contributed by atoms with E-state index >= 15 is 0 Å². The van der Waals surface area contributed by atoms with Crippen LogP contribution in [-0.2, 0) is 27.1 Å². The number of nitriles is 1. The molecule has 1 fully saturated rings. The first-order chi connectivity index (χ1) is 20.5. The fraction of sp³-hybridized carbons (Fsp3) is 0.515. The Morgan fingerprint density at radius 2 is 1.77 bits per heavy atom. The van der Waals surface area contributed by atoms with Crippen LogP contribution in [0, 0.1) is 22.2 Å². The standard InChI is InChI=1S/C33H40F3N3O5/c1-31(2,3)27(20-40)38-28(41)9-7-6-8-16-43-24-13-10-22(11-14-24)19-39-21-32(4,5)29(30(39)42)44-25-15-12-23(18-37)26(17-25)33(34,35)36/h10-15,17,20,27,29H,6-9,16,19,21H2,1-5H3,(H,38,41). The molecule has 0 radical (unpaired) electrons. The highest BCUT2D eigenvalue weighted by atomic mass is 19.4. The smallest absolute Gasteiger partial charge is 0.417 e. The van der Waals surface area contributed by atoms with E-state index in [1.54, 1.807) is 4.90 Å². The molecule has 238 valence electrons. The van der Waals surface area contributed by atoms with E-state index < -0.39 is 34.9 Å². The van der Waals surface area contributed by atoms with Crippen LogP contribution in [0.4, 0.5) is 13.2 Å². The van der Waals surface area contributed by atoms with Gasteiger partial charge in [-0.1, -0.05) is 46.8 Å². The molecule has 1 heterocycles. The third-order valence-electron chi connectivity index (χ3n) is 7.51. The fourth-order valence-electron chi connectivity index (χ4n) is 4.93. The molecule has 44 heavy (non-hydrogen) atoms. The van der Waals surface area contributed by atoms with E-state index in [-0.39, 0.29) is 23.0 Å². The molecule has 2 aromatic carbocycles. The molecular weight excluding hydrogens is 575 g/mol. The second-order valence-electron chi connectivity index (χ2n) is 12.8. The second-order valence-corrected chi connectivity index (χ2v) is 12.8. The van der Waals surface area contributed by atoms with Gasteiger partial charge in [-0.2, -0.15) is 18.4 Å². The molecule has 0 spiro atoms. The Kier molecular flexibility index (Phi) is 11.1. The van der Waals surface area contributed by atoms with E-state index in [1.807, 2.05) is 58.9 Å². The topological polar surface area (TPSA) is 109 Å². The largest absolute Gasteiger partial charge is 0.494 e. The van der Waals surface area contributed by atoms with Crippen LogP contribution in [-0.4, -0.2) is 48.3 Å². The van der Waals surface area contributed by atoms with Crippen molar-refractivity contribution in [1.82, 2.24) is 10.2 Å². The molecule has 0 saturated carbocycles. The summed E-state index contributed by atoms with van der Waals surface area (Å²) < 4.78 is 51.8. The van der Waals surface area contributed by atoms with Gasteiger partial charge in [-0.3, -0.25) is 9.59 Å². The quantitative estimate of drug-likeness (QED) is 0.217. The van der Waals surface area contributed by atoms with Crippen LogP contribution >= 0.6 is 0 Å². The van der Waals surface area contributed by atoms with E-state index in [9.17, 15) is 27.6 Å². The number of carbonyl (C=O) groups excluding carboxylic acids is 3. The highest BCUT2D eigenvalue weighted by Crippen LogP contribution is 2.38. The minimum absolute atomic E-state index is 0.124. The lowest BCUT2D eigenvalue weighted by atomic mass is 9.87. The van der Waals surface area contributed by atoms with E-state index in [1.165, 1.54) is 12.1 Å². The number of amides is 2. The monoisotopic (exact) mass is 615 g/mol. The zero-order valence-corrected chi connectivity index (χ0v) is 25.8. The summed E-state index contributed by atoms with van der Waals surface area (Å²) in [5, 5.41) is 11.8. The maximum atomic E-state index is 13.4. The van der Waals surface area contributed by atoms with Gasteiger partial charge in [0.25, 0.3) is 5.91 Å². The Balaban J connectivity index is 1.47. The lowest BCUT2D eigenvalue weighted by Gasteiger charge is -2.26. The van der Waals surface area contributed by atoms with Crippen LogP contribution in [0.1, 0.15) is 77.0 Å². The van der Waals surface area contributed by atoms with Gasteiger partial charge in [0, 0.05) is 24.9 Å². The lowest BCUT2D eigenvalue weighted by Crippen LogP contribution is -2.44. The average Bonchev–Trinajstić information content (AvgIpc) is 3.15. The zero-order valence-electron chi connectivity index (χ0n) is 25.8. The van der Waals surface area contributed by atoms with Gasteiger partial charge in [-0.15, -0.1) is 0 Å². The highest BCUT2D eigenvalue weighted by Gasteiger charge is 2.48. The van der Waals surface area contributed by atoms with Crippen molar-refractivity contribution in [3.63, 3.8) is 0 Å². The van der Waals surface area contributed by atoms with Crippen molar-refractivity contribution in [1.29, 1.82) is 5.26 Å². The first kappa shape index (κ1) is 34.4. The number of hydrogen-bond acceptors (Lipinski definition) is 6. The van der Waals surface area contributed by atoms with Gasteiger partial charge in [0.2, 0.25) is 5.91 Å². The average molecular weight is 616 g/mol. The predicted octanol–water partition coefficient (Wildman–Crippen LogP) is 6.06. The molecule has 11 heteroatoms. The molecule has 2 aromatic rings. The van der Waals surface area contributed by atoms with Crippen molar-refractivity contribution in [2.45, 2.75) is 85.2 Å². The SMILES string of the molecule is CC(C)(C)C(C=O)NC(=O)CCCCCOc1ccc(CN2CC(C)(C)C(Oc3ccc(C#N)c(C(F)(F)F)c3)C2=O)cc1. The van der Waals surface area contributed by atoms with E-state index in [0.29, 0.717) is 38.3 Å². The number of halogens is 3. The van der Waals surface area contributed by atoms with Crippen molar-refractivity contribution in [3.8, 4) is 17.6 Å². The van der Waals surface area contributed by atoms with Crippen LogP contribution in [0.15, 0.2) is 42.5 Å². The Hall–Kier alpha value is -4.07. The second kappa shape index (κ2) is 14.1. The minimum Gasteiger partial charge on any atom is -0.494 e. The number of alkyl halides is 3. The van der Waals surface area contributed by atoms with Crippen molar-refractivity contribution < 1.29 is 37.0 Å². The molecule has 2 unspecified atom stereocenters. The van der Waals surface area contributed by atoms with Gasteiger partial charge in [-0.05, 0) is 60.6 Å². The molecule has 0 aliphatic carbocycles. The maximum absolute atomic E-state index is 13.4. The molecule has 2 amide bonds. The summed E-state index contributed by atoms with van der Waals surface area (Å²) in [6.45, 7) is 10.5. The Morgan fingerprint density at radius 3 is 2.36 bits per heavy atom. The van der Waals surface area contributed by atoms with Crippen LogP contribution < -0.4 is 14.8 Å². The summed E-state index contributed by atoms with van der Waals surface area (Å²) in [6.07, 6.45) is -2.37. The van der Waals surface area contributed by atoms with Gasteiger partial charge >= 0.3 is 6.18 Å². The molecule has 0 bridgehead atoms. The van der Waals surface area contributed by atoms with Crippen molar-refractivity contribution in [2.75, 3.05) is 13.2 Å². The number of benzene rings is 2. The number of nitrogens with zero attached hydrogens (tertiary/aromatic N) is 2. The zero-order chi connectivity index (χ0) is 32.7. The molecule has 0 aromatic heterocycles. The van der Waals surface area contributed by atoms with E-state index in [4.69, 9.17) is 14.7 Å². The number of aldehydes is 1. The van der Waals surface area contributed by atoms with Gasteiger partial charge in [0.15, 0.2) is 6.10 Å². The summed E-state index contributed by atoms with van der Waals surface area (Å²) in [7, 11) is 0. The summed E-state index contributed by atoms with van der Waals surface area (Å²) in [6, 6.07) is 11.4. The first-order valence-electron chi connectivity index (χ1n) is 14.6. The molecule has 8 nitrogen and oxygen atoms in total. The number of carbonyl (C=O) groups is 3. The summed E-state index contributed by atoms with van der Waals surface area (Å²) in [4.78, 5) is 38.2. The summed E-state index contributed by atoms with van der Waals surface area (Å²) in [5.41, 5.74) is -1.77. The molecule has 1 aliphatic rings. The van der Waals surface area contributed by atoms with E-state index in [0.717, 1.165) is 36.8 Å². The van der Waals surface area contributed by atoms with Gasteiger partial charge < -0.3 is 24.5 Å². The number of likely N-dealkylation sites (tertiary alicyclic amines) is 1.